The molecule has 1 saturated heterocycles. The zero-order valence-electron chi connectivity index (χ0n) is 10.3. The lowest BCUT2D eigenvalue weighted by atomic mass is 9.84. The fraction of sp³-hybridized carbons (Fsp3) is 1.00. The second kappa shape index (κ2) is 4.40. The smallest absolute Gasteiger partial charge is 0.116 e. The summed E-state index contributed by atoms with van der Waals surface area (Å²) in [5.74, 6) is 0. The van der Waals surface area contributed by atoms with Gasteiger partial charge in [-0.15, -0.1) is 0 Å². The SMILES string of the molecule is CCC(O)(CC)[C@H]1O[C@@H]1C(O)(CC)CC. The van der Waals surface area contributed by atoms with Gasteiger partial charge in [-0.05, 0) is 25.7 Å². The van der Waals surface area contributed by atoms with Crippen molar-refractivity contribution >= 4 is 0 Å². The van der Waals surface area contributed by atoms with Crippen LogP contribution in [0.5, 0.6) is 0 Å². The number of aliphatic hydroxyl groups is 2. The average molecular weight is 216 g/mol. The molecule has 0 bridgehead atoms. The van der Waals surface area contributed by atoms with Crippen molar-refractivity contribution in [1.82, 2.24) is 0 Å². The third-order valence-electron chi connectivity index (χ3n) is 4.00. The summed E-state index contributed by atoms with van der Waals surface area (Å²) in [4.78, 5) is 0. The third-order valence-corrected chi connectivity index (χ3v) is 4.00. The first-order valence-electron chi connectivity index (χ1n) is 6.07. The van der Waals surface area contributed by atoms with Gasteiger partial charge in [0.2, 0.25) is 0 Å². The molecule has 1 heterocycles. The highest BCUT2D eigenvalue weighted by Crippen LogP contribution is 2.44. The van der Waals surface area contributed by atoms with E-state index in [0.29, 0.717) is 25.7 Å². The van der Waals surface area contributed by atoms with Crippen LogP contribution in [-0.4, -0.2) is 33.6 Å². The summed E-state index contributed by atoms with van der Waals surface area (Å²) in [6.07, 6.45) is 2.33. The normalized spacial score (nSPS) is 26.8. The molecule has 1 aliphatic rings. The molecule has 1 aliphatic heterocycles. The molecular formula is C12H24O3. The molecule has 15 heavy (non-hydrogen) atoms. The lowest BCUT2D eigenvalue weighted by molar-refractivity contribution is -0.00257. The maximum absolute atomic E-state index is 10.3. The van der Waals surface area contributed by atoms with E-state index in [9.17, 15) is 10.2 Å². The van der Waals surface area contributed by atoms with Gasteiger partial charge in [-0.1, -0.05) is 27.7 Å². The minimum absolute atomic E-state index is 0.183. The van der Waals surface area contributed by atoms with E-state index in [1.54, 1.807) is 0 Å². The molecule has 3 heteroatoms. The third kappa shape index (κ3) is 2.19. The zero-order chi connectivity index (χ0) is 11.7. The van der Waals surface area contributed by atoms with E-state index in [2.05, 4.69) is 0 Å². The Hall–Kier alpha value is -0.120. The van der Waals surface area contributed by atoms with E-state index < -0.39 is 11.2 Å². The van der Waals surface area contributed by atoms with Gasteiger partial charge in [0.25, 0.3) is 0 Å². The Morgan fingerprint density at radius 1 is 0.800 bits per heavy atom. The molecule has 0 saturated carbocycles. The molecule has 0 aromatic carbocycles. The fourth-order valence-corrected chi connectivity index (χ4v) is 2.23. The first kappa shape index (κ1) is 12.9. The molecule has 0 aliphatic carbocycles. The summed E-state index contributed by atoms with van der Waals surface area (Å²) in [6.45, 7) is 7.83. The van der Waals surface area contributed by atoms with Crippen molar-refractivity contribution in [2.24, 2.45) is 0 Å². The second-order valence-corrected chi connectivity index (χ2v) is 4.60. The first-order chi connectivity index (χ1) is 6.97. The zero-order valence-corrected chi connectivity index (χ0v) is 10.3. The predicted molar refractivity (Wildman–Crippen MR) is 59.7 cm³/mol. The quantitative estimate of drug-likeness (QED) is 0.666. The largest absolute Gasteiger partial charge is 0.387 e. The van der Waals surface area contributed by atoms with Crippen LogP contribution in [0.15, 0.2) is 0 Å². The standard InChI is InChI=1S/C12H24O3/c1-5-11(13,6-2)9-10(15-9)12(14,7-3)8-4/h9-10,13-14H,5-8H2,1-4H3/t9-,10-/m0/s1. The van der Waals surface area contributed by atoms with Crippen LogP contribution in [0, 0.1) is 0 Å². The van der Waals surface area contributed by atoms with Crippen molar-refractivity contribution in [3.8, 4) is 0 Å². The molecule has 2 N–H and O–H groups in total. The van der Waals surface area contributed by atoms with Crippen molar-refractivity contribution in [3.63, 3.8) is 0 Å². The van der Waals surface area contributed by atoms with Gasteiger partial charge in [0.05, 0.1) is 11.2 Å². The van der Waals surface area contributed by atoms with Gasteiger partial charge < -0.3 is 14.9 Å². The van der Waals surface area contributed by atoms with Gasteiger partial charge in [0, 0.05) is 0 Å². The molecule has 0 amide bonds. The van der Waals surface area contributed by atoms with Crippen LogP contribution in [0.4, 0.5) is 0 Å². The molecule has 3 nitrogen and oxygen atoms in total. The highest BCUT2D eigenvalue weighted by atomic mass is 16.6. The van der Waals surface area contributed by atoms with E-state index in [4.69, 9.17) is 4.74 Å². The molecular weight excluding hydrogens is 192 g/mol. The topological polar surface area (TPSA) is 53.0 Å². The van der Waals surface area contributed by atoms with Gasteiger partial charge in [-0.25, -0.2) is 0 Å². The molecule has 0 unspecified atom stereocenters. The maximum atomic E-state index is 10.3. The lowest BCUT2D eigenvalue weighted by Gasteiger charge is -2.27. The van der Waals surface area contributed by atoms with Crippen LogP contribution >= 0.6 is 0 Å². The Balaban J connectivity index is 2.67. The molecule has 0 spiro atoms. The second-order valence-electron chi connectivity index (χ2n) is 4.60. The van der Waals surface area contributed by atoms with E-state index in [1.165, 1.54) is 0 Å². The van der Waals surface area contributed by atoms with Gasteiger partial charge in [-0.3, -0.25) is 0 Å². The highest BCUT2D eigenvalue weighted by molar-refractivity contribution is 5.08. The number of hydrogen-bond donors (Lipinski definition) is 2. The van der Waals surface area contributed by atoms with E-state index in [1.807, 2.05) is 27.7 Å². The Kier molecular flexibility index (Phi) is 3.80. The molecule has 90 valence electrons. The number of rotatable bonds is 6. The van der Waals surface area contributed by atoms with Crippen LogP contribution < -0.4 is 0 Å². The maximum Gasteiger partial charge on any atom is 0.116 e. The first-order valence-corrected chi connectivity index (χ1v) is 6.07. The summed E-state index contributed by atoms with van der Waals surface area (Å²) in [5.41, 5.74) is -1.52. The average Bonchev–Trinajstić information content (AvgIpc) is 3.07. The molecule has 0 radical (unpaired) electrons. The lowest BCUT2D eigenvalue weighted by Crippen LogP contribution is -2.42. The van der Waals surface area contributed by atoms with E-state index >= 15 is 0 Å². The minimum atomic E-state index is -0.761. The van der Waals surface area contributed by atoms with Crippen molar-refractivity contribution < 1.29 is 14.9 Å². The van der Waals surface area contributed by atoms with Crippen molar-refractivity contribution in [2.45, 2.75) is 76.8 Å². The predicted octanol–water partition coefficient (Wildman–Crippen LogP) is 1.86. The van der Waals surface area contributed by atoms with E-state index in [-0.39, 0.29) is 12.2 Å². The highest BCUT2D eigenvalue weighted by Gasteiger charge is 2.59. The Morgan fingerprint density at radius 2 is 1.07 bits per heavy atom. The van der Waals surface area contributed by atoms with Gasteiger partial charge in [0.15, 0.2) is 0 Å². The molecule has 1 rings (SSSR count). The molecule has 0 aromatic heterocycles. The summed E-state index contributed by atoms with van der Waals surface area (Å²) < 4.78 is 5.51. The molecule has 0 aromatic rings. The van der Waals surface area contributed by atoms with Crippen molar-refractivity contribution in [2.75, 3.05) is 0 Å². The Labute approximate surface area is 92.4 Å². The summed E-state index contributed by atoms with van der Waals surface area (Å²) >= 11 is 0. The fourth-order valence-electron chi connectivity index (χ4n) is 2.23. The number of hydrogen-bond acceptors (Lipinski definition) is 3. The van der Waals surface area contributed by atoms with Crippen LogP contribution in [0.3, 0.4) is 0 Å². The Bertz CT molecular complexity index is 185. The minimum Gasteiger partial charge on any atom is -0.387 e. The summed E-state index contributed by atoms with van der Waals surface area (Å²) in [7, 11) is 0. The van der Waals surface area contributed by atoms with Gasteiger partial charge in [-0.2, -0.15) is 0 Å². The molecule has 1 fully saturated rings. The van der Waals surface area contributed by atoms with Crippen LogP contribution in [0.2, 0.25) is 0 Å². The van der Waals surface area contributed by atoms with Crippen LogP contribution in [0.25, 0.3) is 0 Å². The van der Waals surface area contributed by atoms with Crippen LogP contribution in [-0.2, 0) is 4.74 Å². The van der Waals surface area contributed by atoms with Gasteiger partial charge in [0.1, 0.15) is 12.2 Å². The molecule has 2 atom stereocenters. The summed E-state index contributed by atoms with van der Waals surface area (Å²) in [6, 6.07) is 0. The Morgan fingerprint density at radius 3 is 1.27 bits per heavy atom. The van der Waals surface area contributed by atoms with Crippen molar-refractivity contribution in [1.29, 1.82) is 0 Å². The monoisotopic (exact) mass is 216 g/mol. The van der Waals surface area contributed by atoms with Gasteiger partial charge >= 0.3 is 0 Å². The summed E-state index contributed by atoms with van der Waals surface area (Å²) in [5, 5.41) is 20.5. The number of epoxide rings is 1. The van der Waals surface area contributed by atoms with Crippen LogP contribution in [0.1, 0.15) is 53.4 Å². The van der Waals surface area contributed by atoms with Crippen molar-refractivity contribution in [3.05, 3.63) is 0 Å². The number of ether oxygens (including phenoxy) is 1. The van der Waals surface area contributed by atoms with E-state index in [0.717, 1.165) is 0 Å².